The molecular formula is C21H16Cl3NO3. The number of nitriles is 1. The molecule has 3 unspecified atom stereocenters. The van der Waals surface area contributed by atoms with Crippen LogP contribution in [0.5, 0.6) is 0 Å². The van der Waals surface area contributed by atoms with Gasteiger partial charge in [-0.1, -0.05) is 40.9 Å². The molecule has 2 aromatic carbocycles. The second-order valence-electron chi connectivity index (χ2n) is 6.78. The molecule has 0 saturated heterocycles. The van der Waals surface area contributed by atoms with E-state index >= 15 is 0 Å². The maximum absolute atomic E-state index is 13.4. The molecule has 0 N–H and O–H groups in total. The molecule has 0 aliphatic heterocycles. The molecule has 3 rings (SSSR count). The van der Waals surface area contributed by atoms with Gasteiger partial charge in [-0.2, -0.15) is 5.26 Å². The van der Waals surface area contributed by atoms with E-state index < -0.39 is 22.7 Å². The predicted octanol–water partition coefficient (Wildman–Crippen LogP) is 5.71. The van der Waals surface area contributed by atoms with Gasteiger partial charge in [0, 0.05) is 26.5 Å². The lowest BCUT2D eigenvalue weighted by atomic mass is 9.87. The molecule has 144 valence electrons. The van der Waals surface area contributed by atoms with Gasteiger partial charge in [-0.15, -0.1) is 0 Å². The number of carbonyl (C=O) groups is 2. The highest BCUT2D eigenvalue weighted by molar-refractivity contribution is 6.35. The van der Waals surface area contributed by atoms with E-state index in [-0.39, 0.29) is 17.4 Å². The second kappa shape index (κ2) is 7.40. The summed E-state index contributed by atoms with van der Waals surface area (Å²) in [5.41, 5.74) is -2.18. The van der Waals surface area contributed by atoms with Gasteiger partial charge in [0.25, 0.3) is 0 Å². The lowest BCUT2D eigenvalue weighted by Gasteiger charge is -2.14. The van der Waals surface area contributed by atoms with Crippen LogP contribution in [0.2, 0.25) is 15.1 Å². The third-order valence-electron chi connectivity index (χ3n) is 5.37. The summed E-state index contributed by atoms with van der Waals surface area (Å²) >= 11 is 18.3. The summed E-state index contributed by atoms with van der Waals surface area (Å²) in [5.74, 6) is -1.86. The Morgan fingerprint density at radius 2 is 1.71 bits per heavy atom. The van der Waals surface area contributed by atoms with Crippen LogP contribution in [0.1, 0.15) is 35.7 Å². The van der Waals surface area contributed by atoms with E-state index in [2.05, 4.69) is 6.07 Å². The highest BCUT2D eigenvalue weighted by Crippen LogP contribution is 2.76. The molecule has 0 amide bonds. The molecule has 0 spiro atoms. The van der Waals surface area contributed by atoms with Crippen molar-refractivity contribution in [2.24, 2.45) is 10.8 Å². The van der Waals surface area contributed by atoms with E-state index in [1.807, 2.05) is 0 Å². The molecule has 1 saturated carbocycles. The summed E-state index contributed by atoms with van der Waals surface area (Å²) in [6.07, 6.45) is 0. The molecule has 1 aliphatic rings. The van der Waals surface area contributed by atoms with Crippen LogP contribution in [-0.2, 0) is 9.53 Å². The van der Waals surface area contributed by atoms with E-state index in [4.69, 9.17) is 39.5 Å². The fraction of sp³-hybridized carbons (Fsp3) is 0.286. The van der Waals surface area contributed by atoms with Gasteiger partial charge in [-0.3, -0.25) is 9.59 Å². The molecule has 0 radical (unpaired) electrons. The number of halogens is 3. The SMILES string of the molecule is CCOC(=O)C1(C#N)C(c2ccc(Cl)cc2Cl)C1(C)C(=O)c1ccc(Cl)cc1. The molecular weight excluding hydrogens is 421 g/mol. The van der Waals surface area contributed by atoms with Crippen LogP contribution >= 0.6 is 34.8 Å². The molecule has 4 nitrogen and oxygen atoms in total. The van der Waals surface area contributed by atoms with Crippen molar-refractivity contribution >= 4 is 46.6 Å². The van der Waals surface area contributed by atoms with E-state index in [0.717, 1.165) is 0 Å². The number of carbonyl (C=O) groups excluding carboxylic acids is 2. The molecule has 1 aliphatic carbocycles. The first-order valence-electron chi connectivity index (χ1n) is 8.57. The van der Waals surface area contributed by atoms with Gasteiger partial charge in [0.05, 0.1) is 18.1 Å². The van der Waals surface area contributed by atoms with Gasteiger partial charge in [0.2, 0.25) is 0 Å². The first-order valence-corrected chi connectivity index (χ1v) is 9.71. The Labute approximate surface area is 178 Å². The Morgan fingerprint density at radius 3 is 2.25 bits per heavy atom. The van der Waals surface area contributed by atoms with E-state index in [9.17, 15) is 14.9 Å². The molecule has 2 aromatic rings. The van der Waals surface area contributed by atoms with E-state index in [0.29, 0.717) is 21.2 Å². The fourth-order valence-corrected chi connectivity index (χ4v) is 4.55. The number of hydrogen-bond donors (Lipinski definition) is 0. The first-order chi connectivity index (χ1) is 13.2. The summed E-state index contributed by atoms with van der Waals surface area (Å²) in [5, 5.41) is 11.2. The highest BCUT2D eigenvalue weighted by Gasteiger charge is 2.84. The number of rotatable bonds is 5. The number of ketones is 1. The van der Waals surface area contributed by atoms with Crippen molar-refractivity contribution in [3.05, 3.63) is 68.7 Å². The standard InChI is InChI=1S/C21H16Cl3NO3/c1-3-28-19(27)21(11-25)17(15-9-8-14(23)10-16(15)24)20(21,2)18(26)12-4-6-13(22)7-5-12/h4-10,17H,3H2,1-2H3. The van der Waals surface area contributed by atoms with Crippen LogP contribution in [0, 0.1) is 22.2 Å². The van der Waals surface area contributed by atoms with Crippen molar-refractivity contribution in [1.82, 2.24) is 0 Å². The van der Waals surface area contributed by atoms with Gasteiger partial charge in [0.15, 0.2) is 11.2 Å². The van der Waals surface area contributed by atoms with Crippen LogP contribution in [0.15, 0.2) is 42.5 Å². The number of esters is 1. The van der Waals surface area contributed by atoms with Crippen molar-refractivity contribution in [3.8, 4) is 6.07 Å². The average Bonchev–Trinajstić information content (AvgIpc) is 3.23. The summed E-state index contributed by atoms with van der Waals surface area (Å²) in [6.45, 7) is 3.34. The van der Waals surface area contributed by atoms with Gasteiger partial charge in [-0.25, -0.2) is 0 Å². The molecule has 28 heavy (non-hydrogen) atoms. The summed E-state index contributed by atoms with van der Waals surface area (Å²) in [7, 11) is 0. The molecule has 0 bridgehead atoms. The summed E-state index contributed by atoms with van der Waals surface area (Å²) < 4.78 is 5.17. The Kier molecular flexibility index (Phi) is 5.46. The monoisotopic (exact) mass is 435 g/mol. The zero-order valence-corrected chi connectivity index (χ0v) is 17.4. The van der Waals surface area contributed by atoms with Gasteiger partial charge < -0.3 is 4.74 Å². The zero-order chi connectivity index (χ0) is 20.7. The van der Waals surface area contributed by atoms with E-state index in [1.165, 1.54) is 6.07 Å². The normalized spacial score (nSPS) is 25.6. The Bertz CT molecular complexity index is 999. The number of ether oxygens (including phenoxy) is 1. The second-order valence-corrected chi connectivity index (χ2v) is 8.06. The van der Waals surface area contributed by atoms with E-state index in [1.54, 1.807) is 50.2 Å². The topological polar surface area (TPSA) is 67.2 Å². The maximum atomic E-state index is 13.4. The fourth-order valence-electron chi connectivity index (χ4n) is 3.91. The molecule has 1 fully saturated rings. The number of Topliss-reactive ketones (excluding diaryl/α,β-unsaturated/α-hetero) is 1. The van der Waals surface area contributed by atoms with Crippen LogP contribution in [0.3, 0.4) is 0 Å². The predicted molar refractivity (Wildman–Crippen MR) is 108 cm³/mol. The van der Waals surface area contributed by atoms with Crippen LogP contribution in [-0.4, -0.2) is 18.4 Å². The van der Waals surface area contributed by atoms with Crippen molar-refractivity contribution in [2.45, 2.75) is 19.8 Å². The van der Waals surface area contributed by atoms with Crippen molar-refractivity contribution < 1.29 is 14.3 Å². The third kappa shape index (κ3) is 2.90. The van der Waals surface area contributed by atoms with Crippen LogP contribution in [0.25, 0.3) is 0 Å². The van der Waals surface area contributed by atoms with Gasteiger partial charge >= 0.3 is 5.97 Å². The third-order valence-corrected chi connectivity index (χ3v) is 6.19. The van der Waals surface area contributed by atoms with Crippen LogP contribution in [0.4, 0.5) is 0 Å². The Morgan fingerprint density at radius 1 is 1.11 bits per heavy atom. The smallest absolute Gasteiger partial charge is 0.328 e. The maximum Gasteiger partial charge on any atom is 0.328 e. The summed E-state index contributed by atoms with van der Waals surface area (Å²) in [4.78, 5) is 26.3. The minimum Gasteiger partial charge on any atom is -0.465 e. The largest absolute Gasteiger partial charge is 0.465 e. The number of benzene rings is 2. The summed E-state index contributed by atoms with van der Waals surface area (Å²) in [6, 6.07) is 13.2. The average molecular weight is 437 g/mol. The lowest BCUT2D eigenvalue weighted by molar-refractivity contribution is -0.148. The lowest BCUT2D eigenvalue weighted by Crippen LogP contribution is -2.28. The quantitative estimate of drug-likeness (QED) is 0.445. The van der Waals surface area contributed by atoms with Gasteiger partial charge in [0.1, 0.15) is 0 Å². The number of hydrogen-bond acceptors (Lipinski definition) is 4. The highest BCUT2D eigenvalue weighted by atomic mass is 35.5. The molecule has 0 heterocycles. The molecule has 3 atom stereocenters. The van der Waals surface area contributed by atoms with Crippen molar-refractivity contribution in [2.75, 3.05) is 6.61 Å². The van der Waals surface area contributed by atoms with Crippen molar-refractivity contribution in [1.29, 1.82) is 5.26 Å². The van der Waals surface area contributed by atoms with Crippen LogP contribution < -0.4 is 0 Å². The Hall–Kier alpha value is -2.06. The minimum absolute atomic E-state index is 0.0918. The van der Waals surface area contributed by atoms with Crippen molar-refractivity contribution in [3.63, 3.8) is 0 Å². The zero-order valence-electron chi connectivity index (χ0n) is 15.1. The molecule has 0 aromatic heterocycles. The number of nitrogens with zero attached hydrogens (tertiary/aromatic N) is 1. The van der Waals surface area contributed by atoms with Gasteiger partial charge in [-0.05, 0) is 55.8 Å². The minimum atomic E-state index is -1.68. The first kappa shape index (κ1) is 20.7. The molecule has 7 heteroatoms. The Balaban J connectivity index is 2.17.